The second-order valence-corrected chi connectivity index (χ2v) is 9.36. The molecule has 0 aromatic heterocycles. The van der Waals surface area contributed by atoms with E-state index >= 15 is 0 Å². The van der Waals surface area contributed by atoms with E-state index in [0.717, 1.165) is 24.8 Å². The van der Waals surface area contributed by atoms with Crippen LogP contribution in [0.1, 0.15) is 55.8 Å². The maximum absolute atomic E-state index is 13.2. The highest BCUT2D eigenvalue weighted by molar-refractivity contribution is 6.46. The van der Waals surface area contributed by atoms with E-state index < -0.39 is 17.7 Å². The molecular formula is C29H38N2O5. The van der Waals surface area contributed by atoms with Gasteiger partial charge in [0.1, 0.15) is 5.76 Å². The third-order valence-electron chi connectivity index (χ3n) is 6.24. The number of amides is 1. The SMILES string of the molecule is CCCCCOc1ccc(C2/C(=C(\O)c3ccc(C)cc3)C(=O)C(=O)N2CCN(C)C)cc1OCC. The van der Waals surface area contributed by atoms with Gasteiger partial charge in [-0.3, -0.25) is 9.59 Å². The van der Waals surface area contributed by atoms with Gasteiger partial charge in [-0.25, -0.2) is 0 Å². The van der Waals surface area contributed by atoms with Gasteiger partial charge in [0, 0.05) is 18.7 Å². The van der Waals surface area contributed by atoms with E-state index in [0.29, 0.717) is 48.9 Å². The van der Waals surface area contributed by atoms with Gasteiger partial charge in [0.05, 0.1) is 24.8 Å². The molecule has 1 atom stereocenters. The highest BCUT2D eigenvalue weighted by Gasteiger charge is 2.46. The van der Waals surface area contributed by atoms with Gasteiger partial charge in [0.15, 0.2) is 11.5 Å². The van der Waals surface area contributed by atoms with Gasteiger partial charge in [0.2, 0.25) is 0 Å². The van der Waals surface area contributed by atoms with Crippen LogP contribution in [0.5, 0.6) is 11.5 Å². The fraction of sp³-hybridized carbons (Fsp3) is 0.448. The van der Waals surface area contributed by atoms with Crippen molar-refractivity contribution in [2.24, 2.45) is 0 Å². The third-order valence-corrected chi connectivity index (χ3v) is 6.24. The molecule has 1 aliphatic rings. The number of likely N-dealkylation sites (N-methyl/N-ethyl adjacent to an activating group) is 1. The van der Waals surface area contributed by atoms with Crippen molar-refractivity contribution in [1.82, 2.24) is 9.80 Å². The van der Waals surface area contributed by atoms with Crippen LogP contribution in [0.4, 0.5) is 0 Å². The van der Waals surface area contributed by atoms with Crippen molar-refractivity contribution in [2.45, 2.75) is 46.1 Å². The number of benzene rings is 2. The fourth-order valence-electron chi connectivity index (χ4n) is 4.25. The van der Waals surface area contributed by atoms with E-state index in [1.807, 2.05) is 63.2 Å². The van der Waals surface area contributed by atoms with Crippen molar-refractivity contribution in [2.75, 3.05) is 40.4 Å². The van der Waals surface area contributed by atoms with E-state index in [2.05, 4.69) is 6.92 Å². The summed E-state index contributed by atoms with van der Waals surface area (Å²) in [5, 5.41) is 11.2. The largest absolute Gasteiger partial charge is 0.507 e. The molecule has 1 heterocycles. The highest BCUT2D eigenvalue weighted by atomic mass is 16.5. The van der Waals surface area contributed by atoms with Crippen LogP contribution in [0.3, 0.4) is 0 Å². The fourth-order valence-corrected chi connectivity index (χ4v) is 4.25. The maximum atomic E-state index is 13.2. The molecule has 1 unspecified atom stereocenters. The van der Waals surface area contributed by atoms with Crippen molar-refractivity contribution in [3.05, 3.63) is 64.7 Å². The first-order valence-electron chi connectivity index (χ1n) is 12.7. The van der Waals surface area contributed by atoms with Crippen LogP contribution in [0.15, 0.2) is 48.0 Å². The van der Waals surface area contributed by atoms with Crippen LogP contribution in [0.25, 0.3) is 5.76 Å². The predicted octanol–water partition coefficient (Wildman–Crippen LogP) is 4.95. The van der Waals surface area contributed by atoms with Crippen LogP contribution < -0.4 is 9.47 Å². The Bertz CT molecular complexity index is 1090. The number of ketones is 1. The summed E-state index contributed by atoms with van der Waals surface area (Å²) in [7, 11) is 3.82. The molecule has 0 aliphatic carbocycles. The van der Waals surface area contributed by atoms with Crippen LogP contribution in [0, 0.1) is 6.92 Å². The Labute approximate surface area is 214 Å². The molecule has 1 N–H and O–H groups in total. The van der Waals surface area contributed by atoms with Gasteiger partial charge in [-0.05, 0) is 52.1 Å². The predicted molar refractivity (Wildman–Crippen MR) is 141 cm³/mol. The average molecular weight is 495 g/mol. The molecule has 1 fully saturated rings. The number of rotatable bonds is 12. The Morgan fingerprint density at radius 3 is 2.36 bits per heavy atom. The molecule has 0 bridgehead atoms. The molecular weight excluding hydrogens is 456 g/mol. The number of aliphatic hydroxyl groups is 1. The molecule has 0 radical (unpaired) electrons. The van der Waals surface area contributed by atoms with Crippen molar-refractivity contribution < 1.29 is 24.2 Å². The maximum Gasteiger partial charge on any atom is 0.295 e. The smallest absolute Gasteiger partial charge is 0.295 e. The summed E-state index contributed by atoms with van der Waals surface area (Å²) in [4.78, 5) is 29.9. The Morgan fingerprint density at radius 1 is 1.00 bits per heavy atom. The van der Waals surface area contributed by atoms with Gasteiger partial charge >= 0.3 is 0 Å². The molecule has 0 saturated carbocycles. The summed E-state index contributed by atoms with van der Waals surface area (Å²) in [6.07, 6.45) is 3.14. The molecule has 1 amide bonds. The lowest BCUT2D eigenvalue weighted by atomic mass is 9.94. The summed E-state index contributed by atoms with van der Waals surface area (Å²) in [6, 6.07) is 12.0. The molecule has 3 rings (SSSR count). The van der Waals surface area contributed by atoms with Crippen molar-refractivity contribution in [1.29, 1.82) is 0 Å². The Balaban J connectivity index is 2.08. The molecule has 1 aliphatic heterocycles. The number of hydrogen-bond donors (Lipinski definition) is 1. The number of ether oxygens (including phenoxy) is 2. The van der Waals surface area contributed by atoms with E-state index in [1.54, 1.807) is 12.1 Å². The number of carbonyl (C=O) groups excluding carboxylic acids is 2. The molecule has 7 heteroatoms. The van der Waals surface area contributed by atoms with Gasteiger partial charge in [-0.2, -0.15) is 0 Å². The number of aryl methyl sites for hydroxylation is 1. The van der Waals surface area contributed by atoms with Crippen LogP contribution >= 0.6 is 0 Å². The van der Waals surface area contributed by atoms with Gasteiger partial charge in [0.25, 0.3) is 11.7 Å². The van der Waals surface area contributed by atoms with E-state index in [4.69, 9.17) is 9.47 Å². The van der Waals surface area contributed by atoms with E-state index in [-0.39, 0.29) is 11.3 Å². The Morgan fingerprint density at radius 2 is 1.72 bits per heavy atom. The highest BCUT2D eigenvalue weighted by Crippen LogP contribution is 2.42. The number of likely N-dealkylation sites (tertiary alicyclic amines) is 1. The Kier molecular flexibility index (Phi) is 9.53. The van der Waals surface area contributed by atoms with Gasteiger partial charge in [-0.15, -0.1) is 0 Å². The minimum absolute atomic E-state index is 0.0849. The monoisotopic (exact) mass is 494 g/mol. The third kappa shape index (κ3) is 6.26. The average Bonchev–Trinajstić information content (AvgIpc) is 3.11. The quantitative estimate of drug-likeness (QED) is 0.195. The normalized spacial score (nSPS) is 17.2. The number of nitrogens with zero attached hydrogens (tertiary/aromatic N) is 2. The topological polar surface area (TPSA) is 79.3 Å². The molecule has 194 valence electrons. The standard InChI is InChI=1S/C29H38N2O5/c1-6-8-9-18-36-23-15-14-22(19-24(23)35-7-2)26-25(27(32)21-12-10-20(3)11-13-21)28(33)29(34)31(26)17-16-30(4)5/h10-15,19,26,32H,6-9,16-18H2,1-5H3/b27-25+. The van der Waals surface area contributed by atoms with E-state index in [1.165, 1.54) is 4.90 Å². The van der Waals surface area contributed by atoms with Gasteiger partial charge < -0.3 is 24.4 Å². The number of unbranched alkanes of at least 4 members (excludes halogenated alkanes) is 2. The second-order valence-electron chi connectivity index (χ2n) is 9.36. The number of aliphatic hydroxyl groups excluding tert-OH is 1. The lowest BCUT2D eigenvalue weighted by Crippen LogP contribution is -2.35. The zero-order valence-corrected chi connectivity index (χ0v) is 22.0. The van der Waals surface area contributed by atoms with Crippen molar-refractivity contribution >= 4 is 17.4 Å². The first kappa shape index (κ1) is 27.3. The van der Waals surface area contributed by atoms with E-state index in [9.17, 15) is 14.7 Å². The number of carbonyl (C=O) groups is 2. The Hall–Kier alpha value is -3.32. The van der Waals surface area contributed by atoms with Crippen LogP contribution in [-0.2, 0) is 9.59 Å². The molecule has 2 aromatic carbocycles. The van der Waals surface area contributed by atoms with Crippen LogP contribution in [-0.4, -0.2) is 67.0 Å². The first-order chi connectivity index (χ1) is 17.3. The molecule has 7 nitrogen and oxygen atoms in total. The second kappa shape index (κ2) is 12.6. The minimum atomic E-state index is -0.736. The summed E-state index contributed by atoms with van der Waals surface area (Å²) in [6.45, 7) is 7.93. The summed E-state index contributed by atoms with van der Waals surface area (Å²) in [5.41, 5.74) is 2.30. The van der Waals surface area contributed by atoms with Crippen LogP contribution in [0.2, 0.25) is 0 Å². The molecule has 1 saturated heterocycles. The minimum Gasteiger partial charge on any atom is -0.507 e. The van der Waals surface area contributed by atoms with Crippen molar-refractivity contribution in [3.8, 4) is 11.5 Å². The zero-order chi connectivity index (χ0) is 26.2. The lowest BCUT2D eigenvalue weighted by Gasteiger charge is -2.27. The first-order valence-corrected chi connectivity index (χ1v) is 12.7. The molecule has 36 heavy (non-hydrogen) atoms. The molecule has 0 spiro atoms. The molecule has 2 aromatic rings. The van der Waals surface area contributed by atoms with Gasteiger partial charge in [-0.1, -0.05) is 55.7 Å². The number of Topliss-reactive ketones (excluding diaryl/α,β-unsaturated/α-hetero) is 1. The lowest BCUT2D eigenvalue weighted by molar-refractivity contribution is -0.140. The zero-order valence-electron chi connectivity index (χ0n) is 22.0. The number of hydrogen-bond acceptors (Lipinski definition) is 6. The summed E-state index contributed by atoms with van der Waals surface area (Å²) in [5.74, 6) is -0.299. The summed E-state index contributed by atoms with van der Waals surface area (Å²) >= 11 is 0. The van der Waals surface area contributed by atoms with Crippen molar-refractivity contribution in [3.63, 3.8) is 0 Å². The summed E-state index contributed by atoms with van der Waals surface area (Å²) < 4.78 is 11.8.